The molecule has 0 atom stereocenters. The van der Waals surface area contributed by atoms with E-state index in [0.29, 0.717) is 6.61 Å². The van der Waals surface area contributed by atoms with Gasteiger partial charge >= 0.3 is 0 Å². The molecule has 0 aliphatic heterocycles. The molecule has 0 amide bonds. The van der Waals surface area contributed by atoms with Gasteiger partial charge in [0.1, 0.15) is 6.61 Å². The van der Waals surface area contributed by atoms with Gasteiger partial charge in [0, 0.05) is 13.1 Å². The third-order valence-electron chi connectivity index (χ3n) is 5.24. The van der Waals surface area contributed by atoms with Crippen LogP contribution < -0.4 is 9.47 Å². The van der Waals surface area contributed by atoms with Crippen molar-refractivity contribution in [1.29, 1.82) is 0 Å². The summed E-state index contributed by atoms with van der Waals surface area (Å²) < 4.78 is 11.6. The fourth-order valence-corrected chi connectivity index (χ4v) is 3.75. The van der Waals surface area contributed by atoms with Gasteiger partial charge in [0.15, 0.2) is 11.5 Å². The summed E-state index contributed by atoms with van der Waals surface area (Å²) in [6.07, 6.45) is 0. The van der Waals surface area contributed by atoms with Gasteiger partial charge in [0.05, 0.1) is 7.11 Å². The zero-order valence-electron chi connectivity index (χ0n) is 17.5. The Bertz CT molecular complexity index is 1100. The monoisotopic (exact) mass is 397 g/mol. The van der Waals surface area contributed by atoms with Gasteiger partial charge in [-0.1, -0.05) is 78.9 Å². The maximum Gasteiger partial charge on any atom is 0.161 e. The van der Waals surface area contributed by atoms with Crippen LogP contribution >= 0.6 is 0 Å². The quantitative estimate of drug-likeness (QED) is 0.361. The molecule has 0 fully saturated rings. The molecule has 0 aliphatic carbocycles. The van der Waals surface area contributed by atoms with Gasteiger partial charge < -0.3 is 9.47 Å². The SMILES string of the molecule is COc1cc(CN(C)Cc2cccc3ccccc23)ccc1OCc1ccccc1. The Morgan fingerprint density at radius 1 is 0.700 bits per heavy atom. The third-order valence-corrected chi connectivity index (χ3v) is 5.24. The molecule has 0 saturated carbocycles. The molecule has 30 heavy (non-hydrogen) atoms. The first kappa shape index (κ1) is 20.0. The van der Waals surface area contributed by atoms with Gasteiger partial charge in [-0.3, -0.25) is 4.90 Å². The molecule has 0 bridgehead atoms. The molecule has 4 rings (SSSR count). The van der Waals surface area contributed by atoms with Crippen molar-refractivity contribution in [2.45, 2.75) is 19.7 Å². The van der Waals surface area contributed by atoms with E-state index >= 15 is 0 Å². The molecule has 3 heteroatoms. The van der Waals surface area contributed by atoms with Gasteiger partial charge in [-0.15, -0.1) is 0 Å². The number of nitrogens with zero attached hydrogens (tertiary/aromatic N) is 1. The summed E-state index contributed by atoms with van der Waals surface area (Å²) in [5.74, 6) is 1.53. The van der Waals surface area contributed by atoms with Crippen molar-refractivity contribution < 1.29 is 9.47 Å². The summed E-state index contributed by atoms with van der Waals surface area (Å²) in [7, 11) is 3.84. The number of hydrogen-bond donors (Lipinski definition) is 0. The second kappa shape index (κ2) is 9.47. The summed E-state index contributed by atoms with van der Waals surface area (Å²) in [5, 5.41) is 2.60. The molecule has 0 aromatic heterocycles. The highest BCUT2D eigenvalue weighted by molar-refractivity contribution is 5.85. The lowest BCUT2D eigenvalue weighted by molar-refractivity contribution is 0.283. The lowest BCUT2D eigenvalue weighted by Crippen LogP contribution is -2.17. The van der Waals surface area contributed by atoms with E-state index in [2.05, 4.69) is 78.7 Å². The van der Waals surface area contributed by atoms with Crippen LogP contribution in [0.25, 0.3) is 10.8 Å². The summed E-state index contributed by atoms with van der Waals surface area (Å²) in [4.78, 5) is 2.32. The van der Waals surface area contributed by atoms with Crippen molar-refractivity contribution >= 4 is 10.8 Å². The smallest absolute Gasteiger partial charge is 0.161 e. The first-order valence-corrected chi connectivity index (χ1v) is 10.2. The molecular formula is C27H27NO2. The van der Waals surface area contributed by atoms with E-state index in [1.807, 2.05) is 24.3 Å². The average molecular weight is 398 g/mol. The number of benzene rings is 4. The van der Waals surface area contributed by atoms with Crippen molar-refractivity contribution in [3.05, 3.63) is 108 Å². The van der Waals surface area contributed by atoms with Gasteiger partial charge in [-0.05, 0) is 46.6 Å². The maximum atomic E-state index is 5.98. The highest BCUT2D eigenvalue weighted by atomic mass is 16.5. The largest absolute Gasteiger partial charge is 0.493 e. The van der Waals surface area contributed by atoms with Crippen LogP contribution in [0.1, 0.15) is 16.7 Å². The molecule has 0 heterocycles. The first-order chi connectivity index (χ1) is 14.7. The van der Waals surface area contributed by atoms with Crippen LogP contribution in [-0.4, -0.2) is 19.1 Å². The summed E-state index contributed by atoms with van der Waals surface area (Å²) in [6.45, 7) is 2.24. The topological polar surface area (TPSA) is 21.7 Å². The lowest BCUT2D eigenvalue weighted by Gasteiger charge is -2.19. The Labute approximate surface area is 178 Å². The first-order valence-electron chi connectivity index (χ1n) is 10.2. The van der Waals surface area contributed by atoms with E-state index in [1.165, 1.54) is 21.9 Å². The van der Waals surface area contributed by atoms with E-state index < -0.39 is 0 Å². The van der Waals surface area contributed by atoms with Gasteiger partial charge in [0.25, 0.3) is 0 Å². The number of rotatable bonds is 8. The van der Waals surface area contributed by atoms with Crippen molar-refractivity contribution in [3.63, 3.8) is 0 Å². The van der Waals surface area contributed by atoms with E-state index in [-0.39, 0.29) is 0 Å². The van der Waals surface area contributed by atoms with Crippen LogP contribution in [0.3, 0.4) is 0 Å². The van der Waals surface area contributed by atoms with Crippen molar-refractivity contribution in [2.75, 3.05) is 14.2 Å². The minimum absolute atomic E-state index is 0.525. The van der Waals surface area contributed by atoms with Crippen molar-refractivity contribution in [2.24, 2.45) is 0 Å². The molecule has 4 aromatic rings. The number of fused-ring (bicyclic) bond motifs is 1. The van der Waals surface area contributed by atoms with E-state index in [0.717, 1.165) is 30.2 Å². The van der Waals surface area contributed by atoms with Crippen molar-refractivity contribution in [3.8, 4) is 11.5 Å². The lowest BCUT2D eigenvalue weighted by atomic mass is 10.0. The predicted molar refractivity (Wildman–Crippen MR) is 123 cm³/mol. The van der Waals surface area contributed by atoms with E-state index in [9.17, 15) is 0 Å². The highest BCUT2D eigenvalue weighted by Crippen LogP contribution is 2.29. The Morgan fingerprint density at radius 3 is 2.30 bits per heavy atom. The fraction of sp³-hybridized carbons (Fsp3) is 0.185. The fourth-order valence-electron chi connectivity index (χ4n) is 3.75. The standard InChI is InChI=1S/C27H27NO2/c1-28(19-24-13-8-12-23-11-6-7-14-25(23)24)18-22-15-16-26(27(17-22)29-2)30-20-21-9-4-3-5-10-21/h3-17H,18-20H2,1-2H3. The molecule has 0 spiro atoms. The van der Waals surface area contributed by atoms with Crippen LogP contribution in [0.4, 0.5) is 0 Å². The van der Waals surface area contributed by atoms with Crippen LogP contribution in [0.15, 0.2) is 91.0 Å². The minimum Gasteiger partial charge on any atom is -0.493 e. The van der Waals surface area contributed by atoms with Gasteiger partial charge in [0.2, 0.25) is 0 Å². The van der Waals surface area contributed by atoms with Gasteiger partial charge in [-0.25, -0.2) is 0 Å². The molecule has 0 radical (unpaired) electrons. The summed E-state index contributed by atoms with van der Waals surface area (Å²) >= 11 is 0. The normalized spacial score (nSPS) is 11.0. The van der Waals surface area contributed by atoms with Gasteiger partial charge in [-0.2, -0.15) is 0 Å². The van der Waals surface area contributed by atoms with E-state index in [4.69, 9.17) is 9.47 Å². The number of hydrogen-bond acceptors (Lipinski definition) is 3. The Kier molecular flexibility index (Phi) is 6.31. The van der Waals surface area contributed by atoms with Crippen LogP contribution in [0.5, 0.6) is 11.5 Å². The molecule has 4 aromatic carbocycles. The predicted octanol–water partition coefficient (Wildman–Crippen LogP) is 6.06. The Balaban J connectivity index is 1.43. The maximum absolute atomic E-state index is 5.98. The number of ether oxygens (including phenoxy) is 2. The Hall–Kier alpha value is -3.30. The Morgan fingerprint density at radius 2 is 1.47 bits per heavy atom. The second-order valence-electron chi connectivity index (χ2n) is 7.57. The molecule has 152 valence electrons. The number of methoxy groups -OCH3 is 1. The third kappa shape index (κ3) is 4.81. The summed E-state index contributed by atoms with van der Waals surface area (Å²) in [6, 6.07) is 31.4. The zero-order valence-corrected chi connectivity index (χ0v) is 17.5. The molecule has 0 N–H and O–H groups in total. The van der Waals surface area contributed by atoms with E-state index in [1.54, 1.807) is 7.11 Å². The second-order valence-corrected chi connectivity index (χ2v) is 7.57. The average Bonchev–Trinajstić information content (AvgIpc) is 2.79. The van der Waals surface area contributed by atoms with Crippen LogP contribution in [0.2, 0.25) is 0 Å². The zero-order chi connectivity index (χ0) is 20.8. The molecule has 0 aliphatic rings. The van der Waals surface area contributed by atoms with Crippen LogP contribution in [0, 0.1) is 0 Å². The minimum atomic E-state index is 0.525. The molecule has 0 unspecified atom stereocenters. The van der Waals surface area contributed by atoms with Crippen molar-refractivity contribution in [1.82, 2.24) is 4.90 Å². The molecule has 0 saturated heterocycles. The molecule has 3 nitrogen and oxygen atoms in total. The molecular weight excluding hydrogens is 370 g/mol. The highest BCUT2D eigenvalue weighted by Gasteiger charge is 2.09. The summed E-state index contributed by atoms with van der Waals surface area (Å²) in [5.41, 5.74) is 3.67. The van der Waals surface area contributed by atoms with Crippen LogP contribution in [-0.2, 0) is 19.7 Å².